The van der Waals surface area contributed by atoms with Gasteiger partial charge in [0, 0.05) is 7.11 Å². The van der Waals surface area contributed by atoms with Crippen LogP contribution in [-0.2, 0) is 4.74 Å². The van der Waals surface area contributed by atoms with E-state index < -0.39 is 5.54 Å². The molecule has 1 aromatic rings. The Balaban J connectivity index is 2.87. The Hall–Kier alpha value is -1.38. The second-order valence-corrected chi connectivity index (χ2v) is 4.49. The van der Waals surface area contributed by atoms with E-state index in [1.54, 1.807) is 7.11 Å². The largest absolute Gasteiger partial charge is 0.394 e. The van der Waals surface area contributed by atoms with Crippen LogP contribution in [0.25, 0.3) is 0 Å². The van der Waals surface area contributed by atoms with Gasteiger partial charge in [-0.2, -0.15) is 0 Å². The second kappa shape index (κ2) is 7.14. The first-order chi connectivity index (χ1) is 8.65. The van der Waals surface area contributed by atoms with Gasteiger partial charge in [-0.1, -0.05) is 36.9 Å². The molecule has 0 aliphatic carbocycles. The summed E-state index contributed by atoms with van der Waals surface area (Å²) in [5.74, 6) is 0. The summed E-state index contributed by atoms with van der Waals surface area (Å²) in [4.78, 5) is 0. The summed E-state index contributed by atoms with van der Waals surface area (Å²) >= 11 is 0. The zero-order chi connectivity index (χ0) is 13.4. The summed E-state index contributed by atoms with van der Waals surface area (Å²) in [5.41, 5.74) is 3.41. The van der Waals surface area contributed by atoms with Crippen molar-refractivity contribution < 1.29 is 9.84 Å². The first-order valence-electron chi connectivity index (χ1n) is 5.94. The molecule has 0 aliphatic rings. The van der Waals surface area contributed by atoms with Crippen LogP contribution in [0.15, 0.2) is 48.7 Å². The monoisotopic (exact) mass is 247 g/mol. The lowest BCUT2D eigenvalue weighted by Crippen LogP contribution is -2.47. The lowest BCUT2D eigenvalue weighted by Gasteiger charge is -2.31. The van der Waals surface area contributed by atoms with Crippen molar-refractivity contribution in [3.05, 3.63) is 54.3 Å². The molecule has 0 unspecified atom stereocenters. The Morgan fingerprint density at radius 3 is 2.67 bits per heavy atom. The molecule has 0 aromatic heterocycles. The molecule has 0 spiro atoms. The molecule has 0 saturated carbocycles. The first-order valence-corrected chi connectivity index (χ1v) is 5.94. The fraction of sp³-hybridized carbons (Fsp3) is 0.400. The van der Waals surface area contributed by atoms with E-state index in [4.69, 9.17) is 4.74 Å². The second-order valence-electron chi connectivity index (χ2n) is 4.49. The van der Waals surface area contributed by atoms with Crippen LogP contribution in [0.1, 0.15) is 18.5 Å². The first kappa shape index (κ1) is 14.7. The van der Waals surface area contributed by atoms with E-state index in [0.717, 1.165) is 5.56 Å². The van der Waals surface area contributed by atoms with Crippen molar-refractivity contribution in [2.75, 3.05) is 20.3 Å². The van der Waals surface area contributed by atoms with E-state index in [2.05, 4.69) is 17.6 Å². The minimum absolute atomic E-state index is 0.0221. The zero-order valence-corrected chi connectivity index (χ0v) is 11.0. The summed E-state index contributed by atoms with van der Waals surface area (Å²) in [7, 11) is 1.65. The van der Waals surface area contributed by atoms with Crippen molar-refractivity contribution in [2.24, 2.45) is 0 Å². The highest BCUT2D eigenvalue weighted by Gasteiger charge is 2.25. The minimum atomic E-state index is -0.403. The highest BCUT2D eigenvalue weighted by Crippen LogP contribution is 2.17. The van der Waals surface area contributed by atoms with Gasteiger partial charge < -0.3 is 9.84 Å². The number of nitrogens with one attached hydrogen (secondary N) is 1. The SMILES string of the molecule is C=C=C[C@@](C)(COC)N[C@H](CO)c1ccccc1. The van der Waals surface area contributed by atoms with Crippen LogP contribution >= 0.6 is 0 Å². The predicted octanol–water partition coefficient (Wildman–Crippen LogP) is 2.06. The molecule has 3 heteroatoms. The molecule has 0 bridgehead atoms. The van der Waals surface area contributed by atoms with Crippen LogP contribution in [0.4, 0.5) is 0 Å². The van der Waals surface area contributed by atoms with Gasteiger partial charge in [-0.3, -0.25) is 5.32 Å². The third-order valence-electron chi connectivity index (χ3n) is 2.75. The van der Waals surface area contributed by atoms with Gasteiger partial charge in [0.15, 0.2) is 0 Å². The summed E-state index contributed by atoms with van der Waals surface area (Å²) < 4.78 is 5.20. The number of aliphatic hydroxyl groups excluding tert-OH is 1. The Labute approximate surface area is 109 Å². The predicted molar refractivity (Wildman–Crippen MR) is 73.4 cm³/mol. The Bertz CT molecular complexity index is 398. The van der Waals surface area contributed by atoms with Crippen LogP contribution in [-0.4, -0.2) is 31.0 Å². The van der Waals surface area contributed by atoms with Crippen LogP contribution in [0.2, 0.25) is 0 Å². The highest BCUT2D eigenvalue weighted by molar-refractivity contribution is 5.20. The molecule has 3 nitrogen and oxygen atoms in total. The molecule has 2 atom stereocenters. The Kier molecular flexibility index (Phi) is 5.83. The van der Waals surface area contributed by atoms with Gasteiger partial charge in [0.2, 0.25) is 0 Å². The molecule has 18 heavy (non-hydrogen) atoms. The zero-order valence-electron chi connectivity index (χ0n) is 11.0. The number of hydrogen-bond acceptors (Lipinski definition) is 3. The molecule has 0 saturated heterocycles. The fourth-order valence-electron chi connectivity index (χ4n) is 1.97. The topological polar surface area (TPSA) is 41.5 Å². The van der Waals surface area contributed by atoms with Gasteiger partial charge in [0.25, 0.3) is 0 Å². The molecule has 0 heterocycles. The van der Waals surface area contributed by atoms with Gasteiger partial charge in [-0.05, 0) is 18.6 Å². The maximum atomic E-state index is 9.53. The van der Waals surface area contributed by atoms with Crippen molar-refractivity contribution in [3.63, 3.8) is 0 Å². The van der Waals surface area contributed by atoms with Crippen LogP contribution in [0.5, 0.6) is 0 Å². The molecule has 1 aromatic carbocycles. The van der Waals surface area contributed by atoms with E-state index in [9.17, 15) is 5.11 Å². The van der Waals surface area contributed by atoms with E-state index in [0.29, 0.717) is 6.61 Å². The Morgan fingerprint density at radius 2 is 2.17 bits per heavy atom. The molecule has 2 N–H and O–H groups in total. The van der Waals surface area contributed by atoms with E-state index >= 15 is 0 Å². The number of rotatable bonds is 7. The van der Waals surface area contributed by atoms with Crippen molar-refractivity contribution >= 4 is 0 Å². The van der Waals surface area contributed by atoms with Crippen LogP contribution in [0.3, 0.4) is 0 Å². The van der Waals surface area contributed by atoms with Crippen LogP contribution < -0.4 is 5.32 Å². The summed E-state index contributed by atoms with van der Waals surface area (Å²) in [6, 6.07) is 9.69. The number of ether oxygens (including phenoxy) is 1. The fourth-order valence-corrected chi connectivity index (χ4v) is 1.97. The number of benzene rings is 1. The van der Waals surface area contributed by atoms with Gasteiger partial charge in [-0.15, -0.1) is 5.73 Å². The molecular weight excluding hydrogens is 226 g/mol. The summed E-state index contributed by atoms with van der Waals surface area (Å²) in [5, 5.41) is 12.9. The van der Waals surface area contributed by atoms with Crippen molar-refractivity contribution in [2.45, 2.75) is 18.5 Å². The maximum Gasteiger partial charge on any atom is 0.0684 e. The van der Waals surface area contributed by atoms with E-state index in [1.165, 1.54) is 0 Å². The third-order valence-corrected chi connectivity index (χ3v) is 2.75. The molecule has 1 rings (SSSR count). The number of methoxy groups -OCH3 is 1. The van der Waals surface area contributed by atoms with Gasteiger partial charge in [0.05, 0.1) is 24.8 Å². The van der Waals surface area contributed by atoms with Gasteiger partial charge >= 0.3 is 0 Å². The Morgan fingerprint density at radius 1 is 1.50 bits per heavy atom. The lowest BCUT2D eigenvalue weighted by molar-refractivity contribution is 0.123. The maximum absolute atomic E-state index is 9.53. The quantitative estimate of drug-likeness (QED) is 0.725. The summed E-state index contributed by atoms with van der Waals surface area (Å²) in [6.45, 7) is 6.09. The van der Waals surface area contributed by atoms with Crippen molar-refractivity contribution in [1.29, 1.82) is 0 Å². The van der Waals surface area contributed by atoms with Gasteiger partial charge in [0.1, 0.15) is 0 Å². The highest BCUT2D eigenvalue weighted by atomic mass is 16.5. The average Bonchev–Trinajstić information content (AvgIpc) is 2.38. The van der Waals surface area contributed by atoms with Gasteiger partial charge in [-0.25, -0.2) is 0 Å². The summed E-state index contributed by atoms with van der Waals surface area (Å²) in [6.07, 6.45) is 1.82. The van der Waals surface area contributed by atoms with Crippen molar-refractivity contribution in [3.8, 4) is 0 Å². The molecule has 0 fully saturated rings. The third kappa shape index (κ3) is 4.13. The molecule has 98 valence electrons. The normalized spacial score (nSPS) is 15.5. The number of aliphatic hydroxyl groups is 1. The van der Waals surface area contributed by atoms with E-state index in [-0.39, 0.29) is 12.6 Å². The smallest absolute Gasteiger partial charge is 0.0684 e. The molecule has 0 amide bonds. The standard InChI is InChI=1S/C15H21NO2/c1-4-10-15(2,12-18-3)16-14(11-17)13-8-6-5-7-9-13/h5-10,14,16-17H,1,11-12H2,2-3H3/t14-,15+/m1/s1. The molecule has 0 radical (unpaired) electrons. The van der Waals surface area contributed by atoms with E-state index in [1.807, 2.05) is 43.3 Å². The van der Waals surface area contributed by atoms with Crippen LogP contribution in [0, 0.1) is 0 Å². The van der Waals surface area contributed by atoms with Crippen molar-refractivity contribution in [1.82, 2.24) is 5.32 Å². The minimum Gasteiger partial charge on any atom is -0.394 e. The lowest BCUT2D eigenvalue weighted by atomic mass is 9.99. The number of hydrogen-bond donors (Lipinski definition) is 2. The molecular formula is C15H21NO2. The molecule has 0 aliphatic heterocycles. The average molecular weight is 247 g/mol.